The Kier molecular flexibility index (Phi) is 6.28. The zero-order chi connectivity index (χ0) is 18.4. The fourth-order valence-electron chi connectivity index (χ4n) is 3.20. The molecule has 6 nitrogen and oxygen atoms in total. The molecule has 2 atom stereocenters. The van der Waals surface area contributed by atoms with Crippen LogP contribution in [0.15, 0.2) is 36.4 Å². The summed E-state index contributed by atoms with van der Waals surface area (Å²) in [6.45, 7) is 4.81. The molecule has 3 rings (SSSR count). The van der Waals surface area contributed by atoms with E-state index in [9.17, 15) is 9.59 Å². The number of carbonyl (C=O) groups is 2. The minimum absolute atomic E-state index is 0.241. The van der Waals surface area contributed by atoms with E-state index in [2.05, 4.69) is 16.3 Å². The highest BCUT2D eigenvalue weighted by Crippen LogP contribution is 2.21. The topological polar surface area (TPSA) is 67.9 Å². The first-order chi connectivity index (χ1) is 12.6. The Bertz CT molecular complexity index is 650. The summed E-state index contributed by atoms with van der Waals surface area (Å²) in [7, 11) is 0. The number of benzene rings is 1. The standard InChI is InChI=1S/C20H26N2O4/c1-15(26-19(23)14-16-4-2-3-5-16)20(24)21-17-6-8-18(9-7-17)22-10-12-25-13-11-22/h2,4,6-9,15-16H,3,5,10-14H2,1H3,(H,21,24)/t15-,16+/m0/s1. The molecule has 1 saturated heterocycles. The van der Waals surface area contributed by atoms with Gasteiger partial charge in [-0.25, -0.2) is 0 Å². The summed E-state index contributed by atoms with van der Waals surface area (Å²) in [6.07, 6.45) is 5.63. The maximum absolute atomic E-state index is 12.2. The first-order valence-corrected chi connectivity index (χ1v) is 9.21. The maximum Gasteiger partial charge on any atom is 0.307 e. The van der Waals surface area contributed by atoms with Crippen molar-refractivity contribution in [2.45, 2.75) is 32.3 Å². The highest BCUT2D eigenvalue weighted by Gasteiger charge is 2.21. The molecule has 0 spiro atoms. The average molecular weight is 358 g/mol. The fraction of sp³-hybridized carbons (Fsp3) is 0.500. The van der Waals surface area contributed by atoms with Gasteiger partial charge in [0.1, 0.15) is 0 Å². The van der Waals surface area contributed by atoms with Crippen molar-refractivity contribution in [2.24, 2.45) is 5.92 Å². The van der Waals surface area contributed by atoms with Crippen LogP contribution in [0.1, 0.15) is 26.2 Å². The third-order valence-corrected chi connectivity index (χ3v) is 4.73. The van der Waals surface area contributed by atoms with Gasteiger partial charge in [0.15, 0.2) is 6.10 Å². The molecule has 2 aliphatic rings. The molecule has 0 radical (unpaired) electrons. The zero-order valence-corrected chi connectivity index (χ0v) is 15.1. The summed E-state index contributed by atoms with van der Waals surface area (Å²) in [4.78, 5) is 26.4. The number of rotatable bonds is 6. The lowest BCUT2D eigenvalue weighted by molar-refractivity contribution is -0.153. The monoisotopic (exact) mass is 358 g/mol. The van der Waals surface area contributed by atoms with Gasteiger partial charge in [-0.2, -0.15) is 0 Å². The number of morpholine rings is 1. The van der Waals surface area contributed by atoms with Gasteiger partial charge in [-0.05, 0) is 49.9 Å². The van der Waals surface area contributed by atoms with E-state index >= 15 is 0 Å². The van der Waals surface area contributed by atoms with E-state index in [1.54, 1.807) is 6.92 Å². The molecule has 140 valence electrons. The quantitative estimate of drug-likeness (QED) is 0.626. The van der Waals surface area contributed by atoms with Crippen molar-refractivity contribution < 1.29 is 19.1 Å². The van der Waals surface area contributed by atoms with Crippen LogP contribution in [0.2, 0.25) is 0 Å². The minimum atomic E-state index is -0.813. The first kappa shape index (κ1) is 18.5. The molecule has 6 heteroatoms. The number of allylic oxidation sites excluding steroid dienone is 2. The van der Waals surface area contributed by atoms with Gasteiger partial charge in [-0.1, -0.05) is 12.2 Å². The molecule has 1 aromatic carbocycles. The van der Waals surface area contributed by atoms with E-state index < -0.39 is 6.10 Å². The Morgan fingerprint density at radius 3 is 2.65 bits per heavy atom. The van der Waals surface area contributed by atoms with Crippen LogP contribution in [0.3, 0.4) is 0 Å². The molecule has 0 bridgehead atoms. The van der Waals surface area contributed by atoms with E-state index in [0.717, 1.165) is 44.8 Å². The third kappa shape index (κ3) is 5.08. The molecule has 26 heavy (non-hydrogen) atoms. The maximum atomic E-state index is 12.2. The summed E-state index contributed by atoms with van der Waals surface area (Å²) < 4.78 is 10.6. The normalized spacial score (nSPS) is 20.7. The summed E-state index contributed by atoms with van der Waals surface area (Å²) in [6, 6.07) is 7.68. The van der Waals surface area contributed by atoms with E-state index in [4.69, 9.17) is 9.47 Å². The van der Waals surface area contributed by atoms with Crippen LogP contribution in [0.25, 0.3) is 0 Å². The lowest BCUT2D eigenvalue weighted by Crippen LogP contribution is -2.36. The smallest absolute Gasteiger partial charge is 0.307 e. The predicted molar refractivity (Wildman–Crippen MR) is 100 cm³/mol. The molecule has 1 aliphatic carbocycles. The van der Waals surface area contributed by atoms with Gasteiger partial charge in [0, 0.05) is 24.5 Å². The lowest BCUT2D eigenvalue weighted by Gasteiger charge is -2.28. The second-order valence-electron chi connectivity index (χ2n) is 6.74. The number of amides is 1. The largest absolute Gasteiger partial charge is 0.453 e. The van der Waals surface area contributed by atoms with E-state index in [1.165, 1.54) is 0 Å². The van der Waals surface area contributed by atoms with Crippen molar-refractivity contribution in [3.05, 3.63) is 36.4 Å². The summed E-state index contributed by atoms with van der Waals surface area (Å²) in [5.74, 6) is -0.406. The van der Waals surface area contributed by atoms with Crippen molar-refractivity contribution in [1.29, 1.82) is 0 Å². The molecule has 1 aliphatic heterocycles. The van der Waals surface area contributed by atoms with Gasteiger partial charge in [-0.3, -0.25) is 9.59 Å². The van der Waals surface area contributed by atoms with Crippen molar-refractivity contribution >= 4 is 23.3 Å². The molecule has 0 unspecified atom stereocenters. The molecule has 1 heterocycles. The zero-order valence-electron chi connectivity index (χ0n) is 15.1. The summed E-state index contributed by atoms with van der Waals surface area (Å²) in [5.41, 5.74) is 1.80. The number of anilines is 2. The number of hydrogen-bond acceptors (Lipinski definition) is 5. The number of nitrogens with one attached hydrogen (secondary N) is 1. The molecule has 1 aromatic rings. The lowest BCUT2D eigenvalue weighted by atomic mass is 10.1. The number of hydrogen-bond donors (Lipinski definition) is 1. The molecule has 0 saturated carbocycles. The average Bonchev–Trinajstić information content (AvgIpc) is 3.16. The minimum Gasteiger partial charge on any atom is -0.453 e. The van der Waals surface area contributed by atoms with E-state index in [1.807, 2.05) is 30.3 Å². The van der Waals surface area contributed by atoms with Crippen LogP contribution in [0.4, 0.5) is 11.4 Å². The van der Waals surface area contributed by atoms with Crippen LogP contribution in [0.5, 0.6) is 0 Å². The summed E-state index contributed by atoms with van der Waals surface area (Å²) >= 11 is 0. The van der Waals surface area contributed by atoms with Crippen molar-refractivity contribution in [3.63, 3.8) is 0 Å². The van der Waals surface area contributed by atoms with Crippen LogP contribution in [-0.2, 0) is 19.1 Å². The van der Waals surface area contributed by atoms with Crippen LogP contribution in [-0.4, -0.2) is 44.3 Å². The van der Waals surface area contributed by atoms with E-state index in [0.29, 0.717) is 12.1 Å². The first-order valence-electron chi connectivity index (χ1n) is 9.21. The van der Waals surface area contributed by atoms with Gasteiger partial charge >= 0.3 is 5.97 Å². The predicted octanol–water partition coefficient (Wildman–Crippen LogP) is 2.75. The third-order valence-electron chi connectivity index (χ3n) is 4.73. The molecule has 1 amide bonds. The number of esters is 1. The van der Waals surface area contributed by atoms with Gasteiger partial charge in [0.2, 0.25) is 0 Å². The number of carbonyl (C=O) groups excluding carboxylic acids is 2. The van der Waals surface area contributed by atoms with Crippen molar-refractivity contribution in [3.8, 4) is 0 Å². The van der Waals surface area contributed by atoms with Crippen molar-refractivity contribution in [2.75, 3.05) is 36.5 Å². The van der Waals surface area contributed by atoms with Crippen LogP contribution in [0, 0.1) is 5.92 Å². The van der Waals surface area contributed by atoms with Crippen LogP contribution < -0.4 is 10.2 Å². The highest BCUT2D eigenvalue weighted by atomic mass is 16.5. The van der Waals surface area contributed by atoms with Gasteiger partial charge in [0.25, 0.3) is 5.91 Å². The second kappa shape index (κ2) is 8.85. The molecular formula is C20H26N2O4. The Morgan fingerprint density at radius 1 is 1.27 bits per heavy atom. The van der Waals surface area contributed by atoms with E-state index in [-0.39, 0.29) is 17.8 Å². The van der Waals surface area contributed by atoms with Gasteiger partial charge in [0.05, 0.1) is 19.6 Å². The molecular weight excluding hydrogens is 332 g/mol. The second-order valence-corrected chi connectivity index (χ2v) is 6.74. The Balaban J connectivity index is 1.47. The summed E-state index contributed by atoms with van der Waals surface area (Å²) in [5, 5.41) is 2.80. The Morgan fingerprint density at radius 2 is 2.00 bits per heavy atom. The fourth-order valence-corrected chi connectivity index (χ4v) is 3.20. The molecule has 1 N–H and O–H groups in total. The Hall–Kier alpha value is -2.34. The highest BCUT2D eigenvalue weighted by molar-refractivity contribution is 5.95. The molecule has 0 aromatic heterocycles. The van der Waals surface area contributed by atoms with Gasteiger partial charge in [-0.15, -0.1) is 0 Å². The number of nitrogens with zero attached hydrogens (tertiary/aromatic N) is 1. The number of ether oxygens (including phenoxy) is 2. The molecule has 1 fully saturated rings. The Labute approximate surface area is 154 Å². The van der Waals surface area contributed by atoms with Crippen molar-refractivity contribution in [1.82, 2.24) is 0 Å². The van der Waals surface area contributed by atoms with Crippen LogP contribution >= 0.6 is 0 Å². The van der Waals surface area contributed by atoms with Gasteiger partial charge < -0.3 is 19.7 Å². The SMILES string of the molecule is C[C@H](OC(=O)C[C@@H]1C=CCC1)C(=O)Nc1ccc(N2CCOCC2)cc1.